The third kappa shape index (κ3) is 2.83. The quantitative estimate of drug-likeness (QED) is 0.748. The molecule has 1 amide bonds. The maximum absolute atomic E-state index is 13.2. The van der Waals surface area contributed by atoms with Crippen molar-refractivity contribution in [1.29, 1.82) is 0 Å². The van der Waals surface area contributed by atoms with Crippen LogP contribution in [-0.2, 0) is 0 Å². The van der Waals surface area contributed by atoms with Gasteiger partial charge < -0.3 is 19.3 Å². The van der Waals surface area contributed by atoms with Gasteiger partial charge in [0.05, 0.1) is 17.6 Å². The summed E-state index contributed by atoms with van der Waals surface area (Å²) in [5.74, 6) is 2.50. The van der Waals surface area contributed by atoms with Gasteiger partial charge in [-0.3, -0.25) is 4.79 Å². The molecule has 0 spiro atoms. The molecule has 1 aliphatic heterocycles. The molecule has 4 heterocycles. The van der Waals surface area contributed by atoms with E-state index in [0.29, 0.717) is 23.9 Å². The van der Waals surface area contributed by atoms with E-state index in [0.717, 1.165) is 48.4 Å². The fraction of sp³-hybridized carbons (Fsp3) is 0.500. The maximum Gasteiger partial charge on any atom is 0.259 e. The Balaban J connectivity index is 1.40. The van der Waals surface area contributed by atoms with E-state index in [1.54, 1.807) is 12.5 Å². The lowest BCUT2D eigenvalue weighted by molar-refractivity contribution is 0.0667. The zero-order valence-corrected chi connectivity index (χ0v) is 16.1. The van der Waals surface area contributed by atoms with Gasteiger partial charge in [-0.1, -0.05) is 12.1 Å². The van der Waals surface area contributed by atoms with Gasteiger partial charge in [-0.15, -0.1) is 0 Å². The molecule has 2 aliphatic rings. The van der Waals surface area contributed by atoms with Gasteiger partial charge in [0.1, 0.15) is 23.4 Å². The molecular weight excluding hydrogens is 356 g/mol. The van der Waals surface area contributed by atoms with Crippen LogP contribution < -0.4 is 4.90 Å². The van der Waals surface area contributed by atoms with Gasteiger partial charge in [0.2, 0.25) is 0 Å². The number of hydrogen-bond donors (Lipinski definition) is 1. The number of carbonyl (C=O) groups excluding carboxylic acids is 1. The summed E-state index contributed by atoms with van der Waals surface area (Å²) in [6, 6.07) is 2.17. The molecule has 1 aliphatic carbocycles. The summed E-state index contributed by atoms with van der Waals surface area (Å²) in [5.41, 5.74) is 1.46. The third-order valence-corrected chi connectivity index (χ3v) is 6.15. The van der Waals surface area contributed by atoms with Gasteiger partial charge in [-0.25, -0.2) is 9.97 Å². The highest BCUT2D eigenvalue weighted by atomic mass is 16.5. The van der Waals surface area contributed by atoms with Crippen LogP contribution in [0.1, 0.15) is 48.2 Å². The van der Waals surface area contributed by atoms with Crippen LogP contribution in [0.4, 0.5) is 5.82 Å². The molecule has 1 saturated carbocycles. The second kappa shape index (κ2) is 6.61. The summed E-state index contributed by atoms with van der Waals surface area (Å²) in [5, 5.41) is 4.89. The van der Waals surface area contributed by atoms with Crippen LogP contribution in [0.5, 0.6) is 0 Å². The number of rotatable bonds is 4. The molecule has 5 rings (SSSR count). The van der Waals surface area contributed by atoms with Gasteiger partial charge in [-0.05, 0) is 31.2 Å². The lowest BCUT2D eigenvalue weighted by Gasteiger charge is -2.42. The number of nitrogens with one attached hydrogen (secondary N) is 1. The fourth-order valence-electron chi connectivity index (χ4n) is 4.25. The van der Waals surface area contributed by atoms with Crippen molar-refractivity contribution in [2.45, 2.75) is 38.1 Å². The number of H-pyrrole nitrogens is 1. The monoisotopic (exact) mass is 380 g/mol. The van der Waals surface area contributed by atoms with Gasteiger partial charge in [0.15, 0.2) is 5.76 Å². The summed E-state index contributed by atoms with van der Waals surface area (Å²) in [6.07, 6.45) is 8.16. The third-order valence-electron chi connectivity index (χ3n) is 6.15. The predicted octanol–water partition coefficient (Wildman–Crippen LogP) is 2.81. The van der Waals surface area contributed by atoms with Crippen LogP contribution in [0.25, 0.3) is 11.0 Å². The second-order valence-corrected chi connectivity index (χ2v) is 8.01. The number of aromatic amines is 1. The first-order valence-electron chi connectivity index (χ1n) is 9.88. The zero-order chi connectivity index (χ0) is 19.3. The minimum Gasteiger partial charge on any atom is -0.360 e. The van der Waals surface area contributed by atoms with E-state index in [4.69, 9.17) is 4.52 Å². The van der Waals surface area contributed by atoms with Crippen molar-refractivity contribution < 1.29 is 9.32 Å². The van der Waals surface area contributed by atoms with Crippen LogP contribution >= 0.6 is 0 Å². The van der Waals surface area contributed by atoms with Crippen molar-refractivity contribution in [3.05, 3.63) is 36.1 Å². The standard InChI is InChI=1S/C20H24N6O2/c1-12-6-8-26(20(27)15-9-24-28-17(15)13-3-4-13)10-16(12)25(2)19-14-5-7-21-18(14)22-11-23-19/h5,7,9,11-13,16H,3-4,6,8,10H2,1-2H3,(H,21,22,23). The molecule has 146 valence electrons. The molecular formula is C20H24N6O2. The fourth-order valence-corrected chi connectivity index (χ4v) is 4.25. The molecule has 2 fully saturated rings. The van der Waals surface area contributed by atoms with Crippen LogP contribution in [-0.4, -0.2) is 57.1 Å². The molecule has 3 aromatic heterocycles. The Kier molecular flexibility index (Phi) is 4.07. The number of amides is 1. The van der Waals surface area contributed by atoms with Gasteiger partial charge >= 0.3 is 0 Å². The molecule has 8 heteroatoms. The first kappa shape index (κ1) is 17.2. The highest BCUT2D eigenvalue weighted by molar-refractivity contribution is 5.95. The number of carbonyl (C=O) groups is 1. The Labute approximate surface area is 162 Å². The molecule has 2 atom stereocenters. The lowest BCUT2D eigenvalue weighted by atomic mass is 9.91. The van der Waals surface area contributed by atoms with Crippen LogP contribution in [0.15, 0.2) is 29.3 Å². The van der Waals surface area contributed by atoms with Crippen LogP contribution in [0.2, 0.25) is 0 Å². The smallest absolute Gasteiger partial charge is 0.259 e. The predicted molar refractivity (Wildman–Crippen MR) is 104 cm³/mol. The molecule has 8 nitrogen and oxygen atoms in total. The number of nitrogens with zero attached hydrogens (tertiary/aromatic N) is 5. The molecule has 0 radical (unpaired) electrons. The van der Waals surface area contributed by atoms with Crippen molar-refractivity contribution in [2.24, 2.45) is 5.92 Å². The molecule has 3 aromatic rings. The SMILES string of the molecule is CC1CCN(C(=O)c2cnoc2C2CC2)CC1N(C)c1ncnc2[nH]ccc12. The number of anilines is 1. The van der Waals surface area contributed by atoms with Crippen molar-refractivity contribution in [2.75, 3.05) is 25.0 Å². The maximum atomic E-state index is 13.2. The summed E-state index contributed by atoms with van der Waals surface area (Å²) in [6.45, 7) is 3.65. The average Bonchev–Trinajstić information content (AvgIpc) is 3.24. The van der Waals surface area contributed by atoms with E-state index in [1.165, 1.54) is 0 Å². The number of hydrogen-bond acceptors (Lipinski definition) is 6. The minimum atomic E-state index is 0.0305. The van der Waals surface area contributed by atoms with E-state index in [-0.39, 0.29) is 11.9 Å². The topological polar surface area (TPSA) is 91.2 Å². The molecule has 0 aromatic carbocycles. The summed E-state index contributed by atoms with van der Waals surface area (Å²) < 4.78 is 5.38. The number of aromatic nitrogens is 4. The second-order valence-electron chi connectivity index (χ2n) is 8.01. The average molecular weight is 380 g/mol. The number of likely N-dealkylation sites (tertiary alicyclic amines) is 1. The van der Waals surface area contributed by atoms with Crippen molar-refractivity contribution in [1.82, 2.24) is 25.0 Å². The number of fused-ring (bicyclic) bond motifs is 1. The van der Waals surface area contributed by atoms with E-state index in [9.17, 15) is 4.79 Å². The Hall–Kier alpha value is -2.90. The van der Waals surface area contributed by atoms with E-state index >= 15 is 0 Å². The molecule has 1 N–H and O–H groups in total. The highest BCUT2D eigenvalue weighted by Gasteiger charge is 2.37. The molecule has 0 bridgehead atoms. The van der Waals surface area contributed by atoms with E-state index in [2.05, 4.69) is 39.0 Å². The highest BCUT2D eigenvalue weighted by Crippen LogP contribution is 2.42. The summed E-state index contributed by atoms with van der Waals surface area (Å²) >= 11 is 0. The first-order chi connectivity index (χ1) is 13.6. The van der Waals surface area contributed by atoms with Gasteiger partial charge in [0, 0.05) is 32.3 Å². The largest absolute Gasteiger partial charge is 0.360 e. The zero-order valence-electron chi connectivity index (χ0n) is 16.1. The first-order valence-corrected chi connectivity index (χ1v) is 9.88. The molecule has 2 unspecified atom stereocenters. The molecule has 28 heavy (non-hydrogen) atoms. The Bertz CT molecular complexity index is 1010. The van der Waals surface area contributed by atoms with Crippen LogP contribution in [0, 0.1) is 5.92 Å². The van der Waals surface area contributed by atoms with E-state index in [1.807, 2.05) is 17.2 Å². The van der Waals surface area contributed by atoms with E-state index < -0.39 is 0 Å². The Morgan fingerprint density at radius 1 is 1.32 bits per heavy atom. The lowest BCUT2D eigenvalue weighted by Crippen LogP contribution is -2.53. The van der Waals surface area contributed by atoms with Gasteiger partial charge in [-0.2, -0.15) is 0 Å². The minimum absolute atomic E-state index is 0.0305. The van der Waals surface area contributed by atoms with Crippen molar-refractivity contribution in [3.63, 3.8) is 0 Å². The van der Waals surface area contributed by atoms with Gasteiger partial charge in [0.25, 0.3) is 5.91 Å². The van der Waals surface area contributed by atoms with Crippen molar-refractivity contribution in [3.8, 4) is 0 Å². The summed E-state index contributed by atoms with van der Waals surface area (Å²) in [7, 11) is 2.05. The normalized spacial score (nSPS) is 22.6. The summed E-state index contributed by atoms with van der Waals surface area (Å²) in [4.78, 5) is 29.2. The van der Waals surface area contributed by atoms with Crippen LogP contribution in [0.3, 0.4) is 0 Å². The van der Waals surface area contributed by atoms with Crippen molar-refractivity contribution >= 4 is 22.8 Å². The molecule has 1 saturated heterocycles. The Morgan fingerprint density at radius 2 is 2.18 bits per heavy atom. The number of likely N-dealkylation sites (N-methyl/N-ethyl adjacent to an activating group) is 1. The number of piperidine rings is 1. The Morgan fingerprint density at radius 3 is 3.00 bits per heavy atom.